The number of nitrogens with one attached hydrogen (secondary N) is 1. The van der Waals surface area contributed by atoms with E-state index in [0.29, 0.717) is 27.0 Å². The van der Waals surface area contributed by atoms with Crippen LogP contribution in [0, 0.1) is 6.92 Å². The molecule has 0 saturated carbocycles. The Balaban J connectivity index is 1.57. The Kier molecular flexibility index (Phi) is 6.45. The zero-order chi connectivity index (χ0) is 22.8. The smallest absolute Gasteiger partial charge is 0.248 e. The molecule has 4 rings (SSSR count). The van der Waals surface area contributed by atoms with Crippen molar-refractivity contribution in [3.8, 4) is 16.3 Å². The van der Waals surface area contributed by atoms with E-state index in [2.05, 4.69) is 20.6 Å². The van der Waals surface area contributed by atoms with Crippen LogP contribution in [-0.2, 0) is 11.2 Å². The summed E-state index contributed by atoms with van der Waals surface area (Å²) in [4.78, 5) is 13.3. The monoisotopic (exact) mass is 487 g/mol. The summed E-state index contributed by atoms with van der Waals surface area (Å²) in [6, 6.07) is 9.08. The van der Waals surface area contributed by atoms with Crippen LogP contribution in [0.5, 0.6) is 5.75 Å². The summed E-state index contributed by atoms with van der Waals surface area (Å²) >= 11 is 13.7. The molecule has 0 aliphatic carbocycles. The Hall–Kier alpha value is -2.94. The van der Waals surface area contributed by atoms with Crippen LogP contribution in [0.15, 0.2) is 36.4 Å². The van der Waals surface area contributed by atoms with Gasteiger partial charge in [-0.25, -0.2) is 0 Å². The average molecular weight is 488 g/mol. The molecular formula is C22H19Cl2N5O2S. The molecule has 10 heteroatoms. The van der Waals surface area contributed by atoms with E-state index in [0.717, 1.165) is 33.3 Å². The minimum atomic E-state index is -0.296. The molecule has 0 aliphatic heterocycles. The minimum absolute atomic E-state index is 0.296. The molecule has 2 heterocycles. The fourth-order valence-corrected chi connectivity index (χ4v) is 4.58. The topological polar surface area (TPSA) is 81.4 Å². The Labute approximate surface area is 198 Å². The summed E-state index contributed by atoms with van der Waals surface area (Å²) in [7, 11) is 1.51. The highest BCUT2D eigenvalue weighted by Crippen LogP contribution is 2.33. The van der Waals surface area contributed by atoms with Gasteiger partial charge in [0.1, 0.15) is 10.8 Å². The van der Waals surface area contributed by atoms with Gasteiger partial charge in [0.15, 0.2) is 5.82 Å². The zero-order valence-corrected chi connectivity index (χ0v) is 19.8. The van der Waals surface area contributed by atoms with E-state index in [-0.39, 0.29) is 5.91 Å². The molecule has 0 saturated heterocycles. The van der Waals surface area contributed by atoms with Crippen LogP contribution < -0.4 is 10.1 Å². The predicted molar refractivity (Wildman–Crippen MR) is 129 cm³/mol. The van der Waals surface area contributed by atoms with Crippen LogP contribution in [0.2, 0.25) is 10.0 Å². The second kappa shape index (κ2) is 9.28. The molecule has 2 aromatic heterocycles. The molecule has 0 bridgehead atoms. The average Bonchev–Trinajstić information content (AvgIpc) is 3.34. The molecule has 164 valence electrons. The molecule has 4 aromatic rings. The summed E-state index contributed by atoms with van der Waals surface area (Å²) in [6.07, 6.45) is 3.77. The van der Waals surface area contributed by atoms with E-state index in [4.69, 9.17) is 27.9 Å². The van der Waals surface area contributed by atoms with Gasteiger partial charge in [0, 0.05) is 34.3 Å². The molecule has 32 heavy (non-hydrogen) atoms. The summed E-state index contributed by atoms with van der Waals surface area (Å²) in [5, 5.41) is 17.4. The SMILES string of the molecule is CCc1nnc2sc(-c3ccc(C)c(NC(=O)/C=C/c4cc(Cl)cc(Cl)c4OC)c3)nn12. The number of amides is 1. The number of carbonyl (C=O) groups is 1. The number of ether oxygens (including phenoxy) is 1. The maximum absolute atomic E-state index is 12.6. The number of benzene rings is 2. The van der Waals surface area contributed by atoms with Gasteiger partial charge in [0.2, 0.25) is 10.9 Å². The van der Waals surface area contributed by atoms with Gasteiger partial charge in [-0.1, -0.05) is 53.6 Å². The van der Waals surface area contributed by atoms with E-state index in [1.165, 1.54) is 24.5 Å². The van der Waals surface area contributed by atoms with Crippen molar-refractivity contribution in [1.29, 1.82) is 0 Å². The summed E-state index contributed by atoms with van der Waals surface area (Å²) in [6.45, 7) is 3.94. The second-order valence-electron chi connectivity index (χ2n) is 6.93. The van der Waals surface area contributed by atoms with Crippen LogP contribution >= 0.6 is 34.5 Å². The largest absolute Gasteiger partial charge is 0.495 e. The van der Waals surface area contributed by atoms with E-state index in [1.54, 1.807) is 22.7 Å². The Morgan fingerprint density at radius 1 is 1.25 bits per heavy atom. The van der Waals surface area contributed by atoms with Gasteiger partial charge in [-0.2, -0.15) is 9.61 Å². The first-order valence-corrected chi connectivity index (χ1v) is 11.3. The molecule has 0 radical (unpaired) electrons. The van der Waals surface area contributed by atoms with Gasteiger partial charge in [-0.15, -0.1) is 10.2 Å². The van der Waals surface area contributed by atoms with Crippen LogP contribution in [-0.4, -0.2) is 32.8 Å². The van der Waals surface area contributed by atoms with Crippen molar-refractivity contribution < 1.29 is 9.53 Å². The molecular weight excluding hydrogens is 469 g/mol. The lowest BCUT2D eigenvalue weighted by atomic mass is 10.1. The zero-order valence-electron chi connectivity index (χ0n) is 17.5. The van der Waals surface area contributed by atoms with Gasteiger partial charge in [0.25, 0.3) is 0 Å². The van der Waals surface area contributed by atoms with Crippen LogP contribution in [0.1, 0.15) is 23.9 Å². The number of aryl methyl sites for hydroxylation is 2. The van der Waals surface area contributed by atoms with Crippen molar-refractivity contribution in [2.24, 2.45) is 0 Å². The summed E-state index contributed by atoms with van der Waals surface area (Å²) in [5.74, 6) is 0.965. The number of halogens is 2. The molecule has 2 aromatic carbocycles. The molecule has 0 fully saturated rings. The quantitative estimate of drug-likeness (QED) is 0.353. The molecule has 0 atom stereocenters. The third kappa shape index (κ3) is 4.48. The van der Waals surface area contributed by atoms with Crippen molar-refractivity contribution in [2.75, 3.05) is 12.4 Å². The van der Waals surface area contributed by atoms with Gasteiger partial charge in [-0.05, 0) is 36.8 Å². The molecule has 7 nitrogen and oxygen atoms in total. The van der Waals surface area contributed by atoms with Crippen molar-refractivity contribution in [3.63, 3.8) is 0 Å². The van der Waals surface area contributed by atoms with Gasteiger partial charge < -0.3 is 10.1 Å². The van der Waals surface area contributed by atoms with E-state index < -0.39 is 0 Å². The highest BCUT2D eigenvalue weighted by atomic mass is 35.5. The first kappa shape index (κ1) is 22.3. The fourth-order valence-electron chi connectivity index (χ4n) is 3.14. The standard InChI is InChI=1S/C22H19Cl2N5O2S/c1-4-18-26-27-22-29(18)28-21(32-22)14-6-5-12(2)17(10-14)25-19(30)8-7-13-9-15(23)11-16(24)20(13)31-3/h5-11H,4H2,1-3H3,(H,25,30)/b8-7+. The molecule has 0 spiro atoms. The molecule has 1 amide bonds. The third-order valence-corrected chi connectivity index (χ3v) is 6.22. The fraction of sp³-hybridized carbons (Fsp3) is 0.182. The second-order valence-corrected chi connectivity index (χ2v) is 8.73. The number of aromatic nitrogens is 4. The van der Waals surface area contributed by atoms with Crippen molar-refractivity contribution >= 4 is 57.2 Å². The minimum Gasteiger partial charge on any atom is -0.495 e. The third-order valence-electron chi connectivity index (χ3n) is 4.77. The van der Waals surface area contributed by atoms with Gasteiger partial charge in [-0.3, -0.25) is 4.79 Å². The van der Waals surface area contributed by atoms with E-state index in [1.807, 2.05) is 32.0 Å². The maximum Gasteiger partial charge on any atom is 0.248 e. The summed E-state index contributed by atoms with van der Waals surface area (Å²) < 4.78 is 7.06. The van der Waals surface area contributed by atoms with Crippen molar-refractivity contribution in [2.45, 2.75) is 20.3 Å². The van der Waals surface area contributed by atoms with Crippen molar-refractivity contribution in [1.82, 2.24) is 19.8 Å². The number of carbonyl (C=O) groups excluding carboxylic acids is 1. The number of fused-ring (bicyclic) bond motifs is 1. The number of anilines is 1. The predicted octanol–water partition coefficient (Wildman–Crippen LogP) is 5.69. The number of methoxy groups -OCH3 is 1. The Morgan fingerprint density at radius 2 is 2.06 bits per heavy atom. The van der Waals surface area contributed by atoms with Crippen LogP contribution in [0.3, 0.4) is 0 Å². The van der Waals surface area contributed by atoms with E-state index in [9.17, 15) is 4.79 Å². The lowest BCUT2D eigenvalue weighted by molar-refractivity contribution is -0.111. The summed E-state index contributed by atoms with van der Waals surface area (Å²) in [5.41, 5.74) is 3.11. The number of hydrogen-bond acceptors (Lipinski definition) is 6. The molecule has 1 N–H and O–H groups in total. The first-order valence-electron chi connectivity index (χ1n) is 9.73. The molecule has 0 unspecified atom stereocenters. The lowest BCUT2D eigenvalue weighted by Crippen LogP contribution is -2.09. The van der Waals surface area contributed by atoms with Gasteiger partial charge >= 0.3 is 0 Å². The Bertz CT molecular complexity index is 1350. The highest BCUT2D eigenvalue weighted by Gasteiger charge is 2.14. The maximum atomic E-state index is 12.6. The van der Waals surface area contributed by atoms with Crippen molar-refractivity contribution in [3.05, 3.63) is 63.4 Å². The lowest BCUT2D eigenvalue weighted by Gasteiger charge is -2.09. The first-order chi connectivity index (χ1) is 15.4. The number of rotatable bonds is 6. The van der Waals surface area contributed by atoms with E-state index >= 15 is 0 Å². The Morgan fingerprint density at radius 3 is 2.81 bits per heavy atom. The van der Waals surface area contributed by atoms with Crippen LogP contribution in [0.4, 0.5) is 5.69 Å². The normalized spacial score (nSPS) is 11.4. The highest BCUT2D eigenvalue weighted by molar-refractivity contribution is 7.19. The number of hydrogen-bond donors (Lipinski definition) is 1. The molecule has 0 aliphatic rings. The number of nitrogens with zero attached hydrogens (tertiary/aromatic N) is 4. The van der Waals surface area contributed by atoms with Gasteiger partial charge in [0.05, 0.1) is 12.1 Å². The van der Waals surface area contributed by atoms with Crippen LogP contribution in [0.25, 0.3) is 21.6 Å².